The zero-order chi connectivity index (χ0) is 24.1. The number of hydrogen-bond acceptors (Lipinski definition) is 7. The van der Waals surface area contributed by atoms with Gasteiger partial charge in [0.2, 0.25) is 0 Å². The molecule has 0 saturated carbocycles. The third-order valence-corrected chi connectivity index (χ3v) is 5.40. The van der Waals surface area contributed by atoms with E-state index in [4.69, 9.17) is 31.4 Å². The van der Waals surface area contributed by atoms with E-state index in [1.807, 2.05) is 0 Å². The van der Waals surface area contributed by atoms with Gasteiger partial charge in [-0.25, -0.2) is 4.79 Å². The summed E-state index contributed by atoms with van der Waals surface area (Å²) >= 11 is 5.96. The van der Waals surface area contributed by atoms with Gasteiger partial charge in [-0.3, -0.25) is 0 Å². The zero-order valence-corrected chi connectivity index (χ0v) is 19.0. The van der Waals surface area contributed by atoms with Crippen molar-refractivity contribution >= 4 is 42.3 Å². The van der Waals surface area contributed by atoms with Crippen molar-refractivity contribution in [3.8, 4) is 11.5 Å². The Balaban J connectivity index is 2.34. The number of carbonyl (C=O) groups excluding carboxylic acids is 1. The monoisotopic (exact) mass is 491 g/mol. The molecular formula is C20H20ClF3N2O5P+. The van der Waals surface area contributed by atoms with Crippen LogP contribution in [0.25, 0.3) is 0 Å². The molecule has 0 aromatic heterocycles. The van der Waals surface area contributed by atoms with Gasteiger partial charge in [-0.05, 0) is 59.8 Å². The average Bonchev–Trinajstić information content (AvgIpc) is 2.73. The minimum absolute atomic E-state index is 0.0237. The molecule has 7 nitrogen and oxygen atoms in total. The molecule has 0 bridgehead atoms. The molecule has 0 aliphatic rings. The first-order chi connectivity index (χ1) is 15.0. The maximum atomic E-state index is 12.9. The molecule has 0 saturated heterocycles. The van der Waals surface area contributed by atoms with Crippen molar-refractivity contribution in [2.24, 2.45) is 5.16 Å². The van der Waals surface area contributed by atoms with Gasteiger partial charge in [0.1, 0.15) is 11.5 Å². The summed E-state index contributed by atoms with van der Waals surface area (Å²) in [6, 6.07) is 5.50. The van der Waals surface area contributed by atoms with Crippen LogP contribution in [0.1, 0.15) is 31.9 Å². The lowest BCUT2D eigenvalue weighted by atomic mass is 10.1. The van der Waals surface area contributed by atoms with E-state index in [0.29, 0.717) is 12.0 Å². The van der Waals surface area contributed by atoms with Crippen LogP contribution < -0.4 is 15.8 Å². The summed E-state index contributed by atoms with van der Waals surface area (Å²) in [4.78, 5) is 11.6. The summed E-state index contributed by atoms with van der Waals surface area (Å²) < 4.78 is 66.5. The number of hydrogen-bond donors (Lipinski definition) is 1. The van der Waals surface area contributed by atoms with Gasteiger partial charge in [-0.1, -0.05) is 18.5 Å². The molecule has 0 fully saturated rings. The number of anilines is 1. The number of halogens is 4. The predicted molar refractivity (Wildman–Crippen MR) is 115 cm³/mol. The van der Waals surface area contributed by atoms with Gasteiger partial charge in [-0.15, -0.1) is 4.62 Å². The quantitative estimate of drug-likeness (QED) is 0.169. The molecule has 0 heterocycles. The highest BCUT2D eigenvalue weighted by atomic mass is 35.5. The fourth-order valence-corrected chi connectivity index (χ4v) is 3.46. The molecule has 0 aliphatic heterocycles. The van der Waals surface area contributed by atoms with Crippen LogP contribution in [-0.4, -0.2) is 18.3 Å². The van der Waals surface area contributed by atoms with Crippen molar-refractivity contribution in [3.05, 3.63) is 46.5 Å². The molecular weight excluding hydrogens is 472 g/mol. The van der Waals surface area contributed by atoms with Crippen LogP contribution in [-0.2, 0) is 31.3 Å². The Morgan fingerprint density at radius 1 is 1.19 bits per heavy atom. The van der Waals surface area contributed by atoms with Crippen molar-refractivity contribution in [2.45, 2.75) is 33.4 Å². The number of benzene rings is 2. The zero-order valence-electron chi connectivity index (χ0n) is 17.3. The van der Waals surface area contributed by atoms with Gasteiger partial charge in [-0.2, -0.15) is 13.2 Å². The van der Waals surface area contributed by atoms with E-state index in [0.717, 1.165) is 18.2 Å². The van der Waals surface area contributed by atoms with Crippen molar-refractivity contribution in [3.63, 3.8) is 0 Å². The first-order valence-corrected chi connectivity index (χ1v) is 10.9. The summed E-state index contributed by atoms with van der Waals surface area (Å²) in [7, 11) is -2.63. The van der Waals surface area contributed by atoms with Crippen LogP contribution in [0.5, 0.6) is 11.5 Å². The van der Waals surface area contributed by atoms with E-state index in [2.05, 4.69) is 5.16 Å². The highest BCUT2D eigenvalue weighted by Gasteiger charge is 2.32. The Morgan fingerprint density at radius 2 is 1.88 bits per heavy atom. The van der Waals surface area contributed by atoms with Crippen LogP contribution in [0, 0.1) is 0 Å². The molecule has 0 spiro atoms. The summed E-state index contributed by atoms with van der Waals surface area (Å²) in [6.07, 6.45) is -4.10. The average molecular weight is 492 g/mol. The predicted octanol–water partition coefficient (Wildman–Crippen LogP) is 5.62. The Labute approximate surface area is 188 Å². The normalized spacial score (nSPS) is 12.3. The minimum Gasteiger partial charge on any atom is -0.461 e. The number of carbonyl (C=O) groups is 1. The van der Waals surface area contributed by atoms with Crippen LogP contribution in [0.4, 0.5) is 18.9 Å². The number of rotatable bonds is 8. The number of alkyl halides is 3. The third kappa shape index (κ3) is 6.34. The van der Waals surface area contributed by atoms with Crippen molar-refractivity contribution < 1.29 is 36.6 Å². The van der Waals surface area contributed by atoms with Crippen molar-refractivity contribution in [1.29, 1.82) is 0 Å². The first-order valence-electron chi connectivity index (χ1n) is 9.31. The van der Waals surface area contributed by atoms with Crippen LogP contribution in [0.2, 0.25) is 5.02 Å². The lowest BCUT2D eigenvalue weighted by Crippen LogP contribution is -2.14. The Bertz CT molecular complexity index is 1060. The standard InChI is InChI=1S/C20H20ClF3N2O5P/c1-4-12-8-15(25)18(32(28)31-26-11(3)19(27)29-5-2)10-17(12)30-16-7-6-13(9-14(16)21)20(22,23)24/h6-10H,4-5,25H2,1-3H3/q+1. The second kappa shape index (κ2) is 10.7. The topological polar surface area (TPSA) is 100 Å². The maximum Gasteiger partial charge on any atom is 0.623 e. The minimum atomic E-state index is -4.55. The summed E-state index contributed by atoms with van der Waals surface area (Å²) in [5, 5.41) is 3.27. The van der Waals surface area contributed by atoms with Gasteiger partial charge in [0.15, 0.2) is 5.71 Å². The second-order valence-electron chi connectivity index (χ2n) is 6.35. The molecule has 2 aromatic carbocycles. The van der Waals surface area contributed by atoms with E-state index in [1.54, 1.807) is 13.8 Å². The fourth-order valence-electron chi connectivity index (χ4n) is 2.46. The SMILES string of the molecule is CCOC(=O)C(C)=NO[P+](=O)c1cc(Oc2ccc(C(F)(F)F)cc2Cl)c(CC)cc1N. The molecule has 0 aliphatic carbocycles. The van der Waals surface area contributed by atoms with Gasteiger partial charge >= 0.3 is 20.2 Å². The van der Waals surface area contributed by atoms with E-state index in [-0.39, 0.29) is 39.8 Å². The number of ether oxygens (including phenoxy) is 2. The molecule has 12 heteroatoms. The number of nitrogens with zero attached hydrogens (tertiary/aromatic N) is 1. The largest absolute Gasteiger partial charge is 0.623 e. The number of nitrogens with two attached hydrogens (primary N) is 1. The highest BCUT2D eigenvalue weighted by Crippen LogP contribution is 2.38. The van der Waals surface area contributed by atoms with Gasteiger partial charge in [0.25, 0.3) is 5.30 Å². The van der Waals surface area contributed by atoms with E-state index in [9.17, 15) is 22.5 Å². The molecule has 172 valence electrons. The van der Waals surface area contributed by atoms with Crippen molar-refractivity contribution in [2.75, 3.05) is 12.3 Å². The van der Waals surface area contributed by atoms with E-state index >= 15 is 0 Å². The molecule has 32 heavy (non-hydrogen) atoms. The number of nitrogen functional groups attached to an aromatic ring is 1. The molecule has 0 amide bonds. The van der Waals surface area contributed by atoms with Crippen LogP contribution in [0.15, 0.2) is 35.5 Å². The van der Waals surface area contributed by atoms with E-state index in [1.165, 1.54) is 19.1 Å². The Kier molecular flexibility index (Phi) is 8.46. The molecule has 1 atom stereocenters. The summed E-state index contributed by atoms with van der Waals surface area (Å²) in [5.74, 6) is -0.583. The van der Waals surface area contributed by atoms with Gasteiger partial charge in [0.05, 0.1) is 22.9 Å². The fraction of sp³-hybridized carbons (Fsp3) is 0.300. The van der Waals surface area contributed by atoms with E-state index < -0.39 is 25.7 Å². The number of esters is 1. The maximum absolute atomic E-state index is 12.9. The lowest BCUT2D eigenvalue weighted by molar-refractivity contribution is -0.137. The Morgan fingerprint density at radius 3 is 2.44 bits per heavy atom. The first kappa shape index (κ1) is 25.4. The second-order valence-corrected chi connectivity index (χ2v) is 7.92. The van der Waals surface area contributed by atoms with Gasteiger partial charge in [0, 0.05) is 6.07 Å². The van der Waals surface area contributed by atoms with Crippen molar-refractivity contribution in [1.82, 2.24) is 0 Å². The van der Waals surface area contributed by atoms with Crippen LogP contribution in [0.3, 0.4) is 0 Å². The molecule has 2 N–H and O–H groups in total. The number of aryl methyl sites for hydroxylation is 1. The molecule has 2 aromatic rings. The summed E-state index contributed by atoms with van der Waals surface area (Å²) in [5.41, 5.74) is 5.61. The van der Waals surface area contributed by atoms with Gasteiger partial charge < -0.3 is 15.2 Å². The molecule has 0 radical (unpaired) electrons. The lowest BCUT2D eigenvalue weighted by Gasteiger charge is -2.13. The Hall–Kier alpha value is -2.84. The molecule has 1 unspecified atom stereocenters. The number of oxime groups is 1. The third-order valence-electron chi connectivity index (χ3n) is 4.09. The summed E-state index contributed by atoms with van der Waals surface area (Å²) in [6.45, 7) is 4.88. The molecule has 2 rings (SSSR count). The smallest absolute Gasteiger partial charge is 0.461 e. The highest BCUT2D eigenvalue weighted by molar-refractivity contribution is 7.48. The van der Waals surface area contributed by atoms with Crippen LogP contribution >= 0.6 is 19.6 Å².